The van der Waals surface area contributed by atoms with Crippen LogP contribution in [0.15, 0.2) is 30.3 Å². The van der Waals surface area contributed by atoms with Crippen LogP contribution in [0.5, 0.6) is 0 Å². The van der Waals surface area contributed by atoms with Crippen molar-refractivity contribution in [1.82, 2.24) is 0 Å². The lowest BCUT2D eigenvalue weighted by Gasteiger charge is -2.35. The quantitative estimate of drug-likeness (QED) is 0.822. The highest BCUT2D eigenvalue weighted by molar-refractivity contribution is 5.13. The van der Waals surface area contributed by atoms with E-state index in [1.54, 1.807) is 0 Å². The van der Waals surface area contributed by atoms with Gasteiger partial charge in [-0.05, 0) is 12.0 Å². The van der Waals surface area contributed by atoms with Crippen molar-refractivity contribution in [3.8, 4) is 0 Å². The maximum absolute atomic E-state index is 13.0. The van der Waals surface area contributed by atoms with Gasteiger partial charge in [0.25, 0.3) is 0 Å². The van der Waals surface area contributed by atoms with Gasteiger partial charge in [0, 0.05) is 5.92 Å². The van der Waals surface area contributed by atoms with Gasteiger partial charge in [-0.25, -0.2) is 4.39 Å². The van der Waals surface area contributed by atoms with E-state index >= 15 is 0 Å². The molecule has 0 radical (unpaired) electrons. The van der Waals surface area contributed by atoms with Crippen molar-refractivity contribution in [3.63, 3.8) is 0 Å². The molecule has 0 bridgehead atoms. The molecule has 3 heteroatoms. The number of hydrogen-bond donors (Lipinski definition) is 1. The molecule has 1 aliphatic carbocycles. The average molecular weight is 210 g/mol. The van der Waals surface area contributed by atoms with Gasteiger partial charge in [0.2, 0.25) is 0 Å². The number of ether oxygens (including phenoxy) is 1. The van der Waals surface area contributed by atoms with Gasteiger partial charge in [-0.2, -0.15) is 0 Å². The molecule has 2 nitrogen and oxygen atoms in total. The largest absolute Gasteiger partial charge is 0.390 e. The summed E-state index contributed by atoms with van der Waals surface area (Å²) in [7, 11) is 0. The summed E-state index contributed by atoms with van der Waals surface area (Å²) in [6, 6.07) is 9.79. The lowest BCUT2D eigenvalue weighted by molar-refractivity contribution is -0.0871. The Morgan fingerprint density at radius 1 is 1.33 bits per heavy atom. The second-order valence-electron chi connectivity index (χ2n) is 4.01. The van der Waals surface area contributed by atoms with E-state index in [2.05, 4.69) is 0 Å². The minimum atomic E-state index is -1.10. The fourth-order valence-corrected chi connectivity index (χ4v) is 1.75. The van der Waals surface area contributed by atoms with E-state index in [1.807, 2.05) is 30.3 Å². The number of rotatable bonds is 4. The van der Waals surface area contributed by atoms with Crippen molar-refractivity contribution < 1.29 is 14.2 Å². The highest BCUT2D eigenvalue weighted by atomic mass is 19.1. The van der Waals surface area contributed by atoms with Gasteiger partial charge >= 0.3 is 0 Å². The normalized spacial score (nSPS) is 29.9. The third-order valence-corrected chi connectivity index (χ3v) is 2.81. The Balaban J connectivity index is 1.68. The predicted octanol–water partition coefficient (Wildman–Crippen LogP) is 1.92. The van der Waals surface area contributed by atoms with Crippen LogP contribution in [0.4, 0.5) is 4.39 Å². The Morgan fingerprint density at radius 3 is 2.67 bits per heavy atom. The number of benzene rings is 1. The fourth-order valence-electron chi connectivity index (χ4n) is 1.75. The molecule has 1 N–H and O–H groups in total. The number of alkyl halides is 1. The van der Waals surface area contributed by atoms with Gasteiger partial charge in [0.05, 0.1) is 19.3 Å². The molecule has 1 aromatic rings. The summed E-state index contributed by atoms with van der Waals surface area (Å²) in [4.78, 5) is 0. The first-order valence-corrected chi connectivity index (χ1v) is 5.21. The molecule has 0 spiro atoms. The molecule has 1 saturated carbocycles. The molecule has 15 heavy (non-hydrogen) atoms. The lowest BCUT2D eigenvalue weighted by atomic mass is 9.81. The zero-order valence-electron chi connectivity index (χ0n) is 8.47. The van der Waals surface area contributed by atoms with Crippen molar-refractivity contribution in [3.05, 3.63) is 35.9 Å². The van der Waals surface area contributed by atoms with Crippen molar-refractivity contribution in [2.24, 2.45) is 5.92 Å². The fraction of sp³-hybridized carbons (Fsp3) is 0.500. The number of halogens is 1. The standard InChI is InChI=1S/C12H15FO2/c13-12-10(6-11(12)14)8-15-7-9-4-2-1-3-5-9/h1-5,10-12,14H,6-8H2/t10-,11-,12+/m1/s1. The van der Waals surface area contributed by atoms with Crippen LogP contribution in [0, 0.1) is 5.92 Å². The van der Waals surface area contributed by atoms with Crippen molar-refractivity contribution >= 4 is 0 Å². The molecule has 1 aromatic carbocycles. The smallest absolute Gasteiger partial charge is 0.131 e. The predicted molar refractivity (Wildman–Crippen MR) is 55.1 cm³/mol. The molecule has 0 aromatic heterocycles. The van der Waals surface area contributed by atoms with Crippen LogP contribution < -0.4 is 0 Å². The SMILES string of the molecule is O[C@@H]1C[C@H](COCc2ccccc2)[C@@H]1F. The highest BCUT2D eigenvalue weighted by Crippen LogP contribution is 2.31. The molecule has 1 fully saturated rings. The first-order chi connectivity index (χ1) is 7.27. The van der Waals surface area contributed by atoms with E-state index in [4.69, 9.17) is 9.84 Å². The van der Waals surface area contributed by atoms with Crippen LogP contribution in [0.25, 0.3) is 0 Å². The Labute approximate surface area is 88.7 Å². The van der Waals surface area contributed by atoms with Crippen LogP contribution in [0.3, 0.4) is 0 Å². The van der Waals surface area contributed by atoms with Gasteiger partial charge in [0.15, 0.2) is 0 Å². The van der Waals surface area contributed by atoms with Crippen LogP contribution in [-0.4, -0.2) is 24.0 Å². The second-order valence-corrected chi connectivity index (χ2v) is 4.01. The first-order valence-electron chi connectivity index (χ1n) is 5.21. The number of aliphatic hydroxyl groups excluding tert-OH is 1. The third-order valence-electron chi connectivity index (χ3n) is 2.81. The molecule has 0 unspecified atom stereocenters. The topological polar surface area (TPSA) is 29.5 Å². The number of aliphatic hydroxyl groups is 1. The van der Waals surface area contributed by atoms with E-state index in [0.29, 0.717) is 19.6 Å². The summed E-state index contributed by atoms with van der Waals surface area (Å²) in [5.74, 6) is -0.122. The molecule has 82 valence electrons. The minimum absolute atomic E-state index is 0.122. The van der Waals surface area contributed by atoms with E-state index in [-0.39, 0.29) is 5.92 Å². The van der Waals surface area contributed by atoms with Crippen molar-refractivity contribution in [2.75, 3.05) is 6.61 Å². The molecule has 2 rings (SSSR count). The van der Waals surface area contributed by atoms with Crippen LogP contribution in [0.1, 0.15) is 12.0 Å². The Hall–Kier alpha value is -0.930. The Morgan fingerprint density at radius 2 is 2.07 bits per heavy atom. The third kappa shape index (κ3) is 2.55. The number of hydrogen-bond acceptors (Lipinski definition) is 2. The average Bonchev–Trinajstić information content (AvgIpc) is 2.29. The lowest BCUT2D eigenvalue weighted by Crippen LogP contribution is -2.45. The summed E-state index contributed by atoms with van der Waals surface area (Å²) < 4.78 is 18.4. The van der Waals surface area contributed by atoms with Gasteiger partial charge in [-0.3, -0.25) is 0 Å². The molecule has 1 aliphatic rings. The second kappa shape index (κ2) is 4.73. The summed E-state index contributed by atoms with van der Waals surface area (Å²) >= 11 is 0. The first kappa shape index (κ1) is 10.6. The van der Waals surface area contributed by atoms with E-state index in [1.165, 1.54) is 0 Å². The molecule has 0 aliphatic heterocycles. The van der Waals surface area contributed by atoms with E-state index in [0.717, 1.165) is 5.56 Å². The summed E-state index contributed by atoms with van der Waals surface area (Å²) in [6.07, 6.45) is -1.34. The zero-order chi connectivity index (χ0) is 10.7. The van der Waals surface area contributed by atoms with E-state index < -0.39 is 12.3 Å². The molecule has 3 atom stereocenters. The van der Waals surface area contributed by atoms with Gasteiger partial charge < -0.3 is 9.84 Å². The summed E-state index contributed by atoms with van der Waals surface area (Å²) in [6.45, 7) is 0.910. The summed E-state index contributed by atoms with van der Waals surface area (Å²) in [5, 5.41) is 8.97. The van der Waals surface area contributed by atoms with Gasteiger partial charge in [-0.15, -0.1) is 0 Å². The molecule has 0 saturated heterocycles. The maximum Gasteiger partial charge on any atom is 0.131 e. The zero-order valence-corrected chi connectivity index (χ0v) is 8.47. The van der Waals surface area contributed by atoms with Gasteiger partial charge in [-0.1, -0.05) is 30.3 Å². The Kier molecular flexibility index (Phi) is 3.34. The van der Waals surface area contributed by atoms with Crippen LogP contribution in [-0.2, 0) is 11.3 Å². The van der Waals surface area contributed by atoms with Crippen molar-refractivity contribution in [1.29, 1.82) is 0 Å². The van der Waals surface area contributed by atoms with Crippen molar-refractivity contribution in [2.45, 2.75) is 25.3 Å². The monoisotopic (exact) mass is 210 g/mol. The molecular weight excluding hydrogens is 195 g/mol. The highest BCUT2D eigenvalue weighted by Gasteiger charge is 2.40. The maximum atomic E-state index is 13.0. The van der Waals surface area contributed by atoms with Crippen LogP contribution >= 0.6 is 0 Å². The molecular formula is C12H15FO2. The Bertz CT molecular complexity index is 302. The minimum Gasteiger partial charge on any atom is -0.390 e. The molecule has 0 amide bonds. The van der Waals surface area contributed by atoms with E-state index in [9.17, 15) is 4.39 Å². The van der Waals surface area contributed by atoms with Gasteiger partial charge in [0.1, 0.15) is 6.17 Å². The molecule has 0 heterocycles. The summed E-state index contributed by atoms with van der Waals surface area (Å²) in [5.41, 5.74) is 1.09. The van der Waals surface area contributed by atoms with Crippen LogP contribution in [0.2, 0.25) is 0 Å².